The smallest absolute Gasteiger partial charge is 0.260 e. The predicted octanol–water partition coefficient (Wildman–Crippen LogP) is 3.87. The van der Waals surface area contributed by atoms with E-state index in [2.05, 4.69) is 0 Å². The highest BCUT2D eigenvalue weighted by molar-refractivity contribution is 6.35. The number of hydrogen-bond acceptors (Lipinski definition) is 3. The van der Waals surface area contributed by atoms with E-state index >= 15 is 0 Å². The summed E-state index contributed by atoms with van der Waals surface area (Å²) < 4.78 is 5.53. The van der Waals surface area contributed by atoms with Crippen LogP contribution in [0.5, 0.6) is 5.75 Å². The molecule has 0 bridgehead atoms. The van der Waals surface area contributed by atoms with Crippen molar-refractivity contribution in [2.45, 2.75) is 33.1 Å². The van der Waals surface area contributed by atoms with Crippen LogP contribution in [-0.2, 0) is 9.59 Å². The van der Waals surface area contributed by atoms with Gasteiger partial charge in [-0.05, 0) is 37.5 Å². The van der Waals surface area contributed by atoms with Crippen molar-refractivity contribution in [2.24, 2.45) is 5.92 Å². The van der Waals surface area contributed by atoms with Crippen molar-refractivity contribution >= 4 is 35.0 Å². The van der Waals surface area contributed by atoms with Crippen LogP contribution in [0.25, 0.3) is 0 Å². The molecule has 5 nitrogen and oxygen atoms in total. The zero-order valence-corrected chi connectivity index (χ0v) is 16.9. The number of hydrogen-bond donors (Lipinski definition) is 0. The van der Waals surface area contributed by atoms with E-state index in [0.717, 1.165) is 19.3 Å². The Balaban J connectivity index is 1.87. The van der Waals surface area contributed by atoms with Gasteiger partial charge in [-0.3, -0.25) is 9.59 Å². The summed E-state index contributed by atoms with van der Waals surface area (Å²) >= 11 is 11.9. The van der Waals surface area contributed by atoms with E-state index in [0.29, 0.717) is 42.0 Å². The average molecular weight is 401 g/mol. The molecule has 1 saturated heterocycles. The number of carbonyl (C=O) groups excluding carboxylic acids is 2. The first-order valence-corrected chi connectivity index (χ1v) is 9.86. The van der Waals surface area contributed by atoms with E-state index in [-0.39, 0.29) is 24.3 Å². The molecule has 0 N–H and O–H groups in total. The second kappa shape index (κ2) is 10.0. The Morgan fingerprint density at radius 2 is 1.73 bits per heavy atom. The molecule has 0 spiro atoms. The molecule has 1 aromatic carbocycles. The second-order valence-electron chi connectivity index (χ2n) is 6.44. The molecule has 144 valence electrons. The Hall–Kier alpha value is -1.46. The van der Waals surface area contributed by atoms with E-state index in [9.17, 15) is 9.59 Å². The van der Waals surface area contributed by atoms with Crippen LogP contribution in [0.2, 0.25) is 10.0 Å². The van der Waals surface area contributed by atoms with Crippen LogP contribution in [0.3, 0.4) is 0 Å². The van der Waals surface area contributed by atoms with Crippen LogP contribution in [0.15, 0.2) is 18.2 Å². The van der Waals surface area contributed by atoms with Crippen molar-refractivity contribution in [1.82, 2.24) is 9.80 Å². The summed E-state index contributed by atoms with van der Waals surface area (Å²) in [5.41, 5.74) is 0. The zero-order chi connectivity index (χ0) is 19.1. The quantitative estimate of drug-likeness (QED) is 0.727. The van der Waals surface area contributed by atoms with Crippen LogP contribution in [0.4, 0.5) is 0 Å². The highest BCUT2D eigenvalue weighted by Gasteiger charge is 2.25. The summed E-state index contributed by atoms with van der Waals surface area (Å²) in [6, 6.07) is 4.90. The fourth-order valence-electron chi connectivity index (χ4n) is 3.11. The summed E-state index contributed by atoms with van der Waals surface area (Å²) in [5.74, 6) is 0.610. The molecule has 1 aliphatic rings. The molecule has 1 heterocycles. The molecule has 26 heavy (non-hydrogen) atoms. The molecule has 1 aromatic rings. The van der Waals surface area contributed by atoms with E-state index in [1.165, 1.54) is 0 Å². The van der Waals surface area contributed by atoms with Crippen molar-refractivity contribution in [3.8, 4) is 5.75 Å². The lowest BCUT2D eigenvalue weighted by Gasteiger charge is -2.25. The molecule has 0 unspecified atom stereocenters. The van der Waals surface area contributed by atoms with E-state index < -0.39 is 0 Å². The number of nitrogens with zero attached hydrogens (tertiary/aromatic N) is 2. The Morgan fingerprint density at radius 3 is 2.38 bits per heavy atom. The molecule has 2 rings (SSSR count). The van der Waals surface area contributed by atoms with Gasteiger partial charge < -0.3 is 14.5 Å². The van der Waals surface area contributed by atoms with Gasteiger partial charge in [0.05, 0.1) is 5.02 Å². The molecular weight excluding hydrogens is 375 g/mol. The maximum atomic E-state index is 12.5. The first-order valence-electron chi connectivity index (χ1n) is 9.10. The van der Waals surface area contributed by atoms with Crippen LogP contribution >= 0.6 is 23.2 Å². The lowest BCUT2D eigenvalue weighted by Crippen LogP contribution is -2.41. The third kappa shape index (κ3) is 5.52. The largest absolute Gasteiger partial charge is 0.482 e. The third-order valence-electron chi connectivity index (χ3n) is 4.74. The van der Waals surface area contributed by atoms with Crippen LogP contribution < -0.4 is 4.74 Å². The maximum Gasteiger partial charge on any atom is 0.260 e. The Kier molecular flexibility index (Phi) is 8.04. The van der Waals surface area contributed by atoms with Crippen molar-refractivity contribution in [2.75, 3.05) is 32.8 Å². The first-order chi connectivity index (χ1) is 12.5. The molecule has 0 radical (unpaired) electrons. The molecule has 1 aliphatic heterocycles. The Labute approximate surface area is 165 Å². The van der Waals surface area contributed by atoms with Crippen molar-refractivity contribution in [3.63, 3.8) is 0 Å². The van der Waals surface area contributed by atoms with Crippen LogP contribution in [-0.4, -0.2) is 54.4 Å². The van der Waals surface area contributed by atoms with E-state index in [1.54, 1.807) is 23.1 Å². The highest BCUT2D eigenvalue weighted by Crippen LogP contribution is 2.27. The summed E-state index contributed by atoms with van der Waals surface area (Å²) in [5, 5.41) is 0.895. The number of rotatable bonds is 6. The minimum atomic E-state index is -0.104. The monoisotopic (exact) mass is 400 g/mol. The van der Waals surface area contributed by atoms with E-state index in [1.807, 2.05) is 18.7 Å². The number of halogens is 2. The normalized spacial score (nSPS) is 15.1. The third-order valence-corrected chi connectivity index (χ3v) is 5.27. The molecule has 7 heteroatoms. The van der Waals surface area contributed by atoms with Gasteiger partial charge in [0.1, 0.15) is 5.75 Å². The van der Waals surface area contributed by atoms with Crippen molar-refractivity contribution in [3.05, 3.63) is 28.2 Å². The van der Waals surface area contributed by atoms with Gasteiger partial charge in [0.25, 0.3) is 5.91 Å². The maximum absolute atomic E-state index is 12.5. The summed E-state index contributed by atoms with van der Waals surface area (Å²) in [7, 11) is 0. The number of amides is 2. The molecule has 0 aromatic heterocycles. The minimum Gasteiger partial charge on any atom is -0.482 e. The molecule has 1 fully saturated rings. The summed E-state index contributed by atoms with van der Waals surface area (Å²) in [6.07, 6.45) is 2.48. The highest BCUT2D eigenvalue weighted by atomic mass is 35.5. The second-order valence-corrected chi connectivity index (χ2v) is 7.28. The van der Waals surface area contributed by atoms with Gasteiger partial charge in [0.2, 0.25) is 5.91 Å². The molecule has 0 saturated carbocycles. The zero-order valence-electron chi connectivity index (χ0n) is 15.3. The van der Waals surface area contributed by atoms with Crippen molar-refractivity contribution in [1.29, 1.82) is 0 Å². The van der Waals surface area contributed by atoms with Gasteiger partial charge in [0, 0.05) is 37.1 Å². The lowest BCUT2D eigenvalue weighted by atomic mass is 10.0. The number of benzene rings is 1. The molecule has 0 atom stereocenters. The van der Waals surface area contributed by atoms with Crippen molar-refractivity contribution < 1.29 is 14.3 Å². The summed E-state index contributed by atoms with van der Waals surface area (Å²) in [6.45, 7) is 6.43. The Bertz CT molecular complexity index is 635. The number of ether oxygens (including phenoxy) is 1. The SMILES string of the molecule is CCC(CC)C(=O)N1CCCN(C(=O)COc2ccc(Cl)cc2Cl)CC1. The van der Waals surface area contributed by atoms with E-state index in [4.69, 9.17) is 27.9 Å². The first kappa shape index (κ1) is 20.8. The van der Waals surface area contributed by atoms with Crippen LogP contribution in [0.1, 0.15) is 33.1 Å². The van der Waals surface area contributed by atoms with Gasteiger partial charge in [-0.1, -0.05) is 37.0 Å². The standard InChI is InChI=1S/C19H26Cl2N2O3/c1-3-14(4-2)19(25)23-9-5-8-22(10-11-23)18(24)13-26-17-7-6-15(20)12-16(17)21/h6-7,12,14H,3-5,8-11,13H2,1-2H3. The predicted molar refractivity (Wildman–Crippen MR) is 104 cm³/mol. The van der Waals surface area contributed by atoms with Gasteiger partial charge >= 0.3 is 0 Å². The molecule has 0 aliphatic carbocycles. The topological polar surface area (TPSA) is 49.9 Å². The average Bonchev–Trinajstić information content (AvgIpc) is 2.88. The van der Waals surface area contributed by atoms with Gasteiger partial charge in [0.15, 0.2) is 6.61 Å². The molecular formula is C19H26Cl2N2O3. The van der Waals surface area contributed by atoms with Gasteiger partial charge in [-0.2, -0.15) is 0 Å². The van der Waals surface area contributed by atoms with Crippen LogP contribution in [0, 0.1) is 5.92 Å². The Morgan fingerprint density at radius 1 is 1.08 bits per heavy atom. The lowest BCUT2D eigenvalue weighted by molar-refractivity contribution is -0.137. The minimum absolute atomic E-state index is 0.0765. The molecule has 2 amide bonds. The number of carbonyl (C=O) groups is 2. The summed E-state index contributed by atoms with van der Waals surface area (Å²) in [4.78, 5) is 28.6. The van der Waals surface area contributed by atoms with Gasteiger partial charge in [-0.25, -0.2) is 0 Å². The fourth-order valence-corrected chi connectivity index (χ4v) is 3.57. The fraction of sp³-hybridized carbons (Fsp3) is 0.579. The van der Waals surface area contributed by atoms with Gasteiger partial charge in [-0.15, -0.1) is 0 Å².